The molecule has 1 amide bonds. The van der Waals surface area contributed by atoms with Gasteiger partial charge in [0.15, 0.2) is 0 Å². The number of hydrogen-bond acceptors (Lipinski definition) is 2. The van der Waals surface area contributed by atoms with Crippen LogP contribution in [-0.4, -0.2) is 25.0 Å². The van der Waals surface area contributed by atoms with E-state index in [9.17, 15) is 4.79 Å². The maximum atomic E-state index is 11.6. The Hall–Kier alpha value is -0.570. The van der Waals surface area contributed by atoms with Gasteiger partial charge in [0.05, 0.1) is 0 Å². The van der Waals surface area contributed by atoms with Gasteiger partial charge in [-0.1, -0.05) is 33.1 Å². The fraction of sp³-hybridized carbons (Fsp3) is 0.933. The third-order valence-electron chi connectivity index (χ3n) is 3.88. The van der Waals surface area contributed by atoms with Crippen molar-refractivity contribution in [2.24, 2.45) is 11.8 Å². The second kappa shape index (κ2) is 8.52. The molecule has 1 fully saturated rings. The Morgan fingerprint density at radius 1 is 1.17 bits per heavy atom. The Morgan fingerprint density at radius 3 is 2.44 bits per heavy atom. The first-order valence-corrected chi connectivity index (χ1v) is 7.59. The van der Waals surface area contributed by atoms with Gasteiger partial charge in [0.2, 0.25) is 5.91 Å². The number of amides is 1. The number of hydrogen-bond donors (Lipinski definition) is 2. The van der Waals surface area contributed by atoms with Crippen LogP contribution in [0.4, 0.5) is 0 Å². The van der Waals surface area contributed by atoms with Crippen LogP contribution in [0.1, 0.15) is 59.3 Å². The molecular weight excluding hydrogens is 224 g/mol. The minimum absolute atomic E-state index is 0.173. The molecule has 1 saturated carbocycles. The molecule has 0 heterocycles. The normalized spacial score (nSPS) is 18.9. The maximum absolute atomic E-state index is 11.6. The van der Waals surface area contributed by atoms with Crippen LogP contribution in [0.15, 0.2) is 0 Å². The molecule has 1 aliphatic rings. The third kappa shape index (κ3) is 6.39. The van der Waals surface area contributed by atoms with Crippen molar-refractivity contribution in [2.45, 2.75) is 65.3 Å². The highest BCUT2D eigenvalue weighted by Gasteiger charge is 2.19. The zero-order chi connectivity index (χ0) is 13.4. The molecule has 0 aromatic rings. The highest BCUT2D eigenvalue weighted by molar-refractivity contribution is 5.76. The predicted molar refractivity (Wildman–Crippen MR) is 76.5 cm³/mol. The highest BCUT2D eigenvalue weighted by atomic mass is 16.1. The van der Waals surface area contributed by atoms with Crippen LogP contribution in [0.3, 0.4) is 0 Å². The van der Waals surface area contributed by atoms with E-state index in [1.165, 1.54) is 32.1 Å². The molecule has 2 N–H and O–H groups in total. The molecule has 0 spiro atoms. The molecule has 3 heteroatoms. The molecule has 1 rings (SSSR count). The summed E-state index contributed by atoms with van der Waals surface area (Å²) in [6, 6.07) is 0.559. The molecule has 1 aliphatic carbocycles. The number of carbonyl (C=O) groups is 1. The Bertz CT molecular complexity index is 235. The first kappa shape index (κ1) is 15.5. The largest absolute Gasteiger partial charge is 0.356 e. The Balaban J connectivity index is 2.07. The summed E-state index contributed by atoms with van der Waals surface area (Å²) >= 11 is 0. The van der Waals surface area contributed by atoms with Crippen LogP contribution in [0.25, 0.3) is 0 Å². The number of rotatable bonds is 7. The van der Waals surface area contributed by atoms with Crippen molar-refractivity contribution in [1.29, 1.82) is 0 Å². The second-order valence-corrected chi connectivity index (χ2v) is 6.09. The van der Waals surface area contributed by atoms with Crippen molar-refractivity contribution < 1.29 is 4.79 Å². The predicted octanol–water partition coefficient (Wildman–Crippen LogP) is 2.71. The molecule has 18 heavy (non-hydrogen) atoms. The standard InChI is InChI=1S/C15H30N2O/c1-12(2)11-17-15(18)9-10-16-13(3)14-7-5-4-6-8-14/h12-14,16H,4-11H2,1-3H3,(H,17,18). The molecule has 0 aromatic carbocycles. The van der Waals surface area contributed by atoms with Crippen molar-refractivity contribution in [3.05, 3.63) is 0 Å². The second-order valence-electron chi connectivity index (χ2n) is 6.09. The average molecular weight is 254 g/mol. The van der Waals surface area contributed by atoms with E-state index in [1.54, 1.807) is 0 Å². The summed E-state index contributed by atoms with van der Waals surface area (Å²) in [6.45, 7) is 8.09. The third-order valence-corrected chi connectivity index (χ3v) is 3.88. The molecule has 3 nitrogen and oxygen atoms in total. The van der Waals surface area contributed by atoms with Gasteiger partial charge in [-0.05, 0) is 31.6 Å². The van der Waals surface area contributed by atoms with Gasteiger partial charge >= 0.3 is 0 Å². The van der Waals surface area contributed by atoms with Crippen molar-refractivity contribution in [3.63, 3.8) is 0 Å². The molecular formula is C15H30N2O. The first-order chi connectivity index (χ1) is 8.59. The molecule has 106 valence electrons. The lowest BCUT2D eigenvalue weighted by Gasteiger charge is -2.28. The number of carbonyl (C=O) groups excluding carboxylic acids is 1. The van der Waals surface area contributed by atoms with E-state index < -0.39 is 0 Å². The first-order valence-electron chi connectivity index (χ1n) is 7.59. The summed E-state index contributed by atoms with van der Waals surface area (Å²) in [7, 11) is 0. The van der Waals surface area contributed by atoms with Gasteiger partial charge in [0.1, 0.15) is 0 Å². The zero-order valence-corrected chi connectivity index (χ0v) is 12.3. The average Bonchev–Trinajstić information content (AvgIpc) is 2.37. The van der Waals surface area contributed by atoms with Gasteiger partial charge in [0, 0.05) is 25.6 Å². The summed E-state index contributed by atoms with van der Waals surface area (Å²) in [6.07, 6.45) is 7.48. The van der Waals surface area contributed by atoms with E-state index in [1.807, 2.05) is 0 Å². The van der Waals surface area contributed by atoms with Gasteiger partial charge < -0.3 is 10.6 Å². The van der Waals surface area contributed by atoms with Crippen LogP contribution in [0, 0.1) is 11.8 Å². The van der Waals surface area contributed by atoms with Crippen molar-refractivity contribution in [1.82, 2.24) is 10.6 Å². The summed E-state index contributed by atoms with van der Waals surface area (Å²) in [5, 5.41) is 6.47. The van der Waals surface area contributed by atoms with Gasteiger partial charge in [0.25, 0.3) is 0 Å². The molecule has 0 aromatic heterocycles. The van der Waals surface area contributed by atoms with E-state index in [-0.39, 0.29) is 5.91 Å². The topological polar surface area (TPSA) is 41.1 Å². The van der Waals surface area contributed by atoms with E-state index in [2.05, 4.69) is 31.4 Å². The van der Waals surface area contributed by atoms with Crippen LogP contribution in [-0.2, 0) is 4.79 Å². The molecule has 1 atom stereocenters. The SMILES string of the molecule is CC(C)CNC(=O)CCNC(C)C1CCCCC1. The van der Waals surface area contributed by atoms with Gasteiger partial charge in [-0.25, -0.2) is 0 Å². The van der Waals surface area contributed by atoms with E-state index in [0.717, 1.165) is 19.0 Å². The Labute approximate surface area is 112 Å². The molecule has 0 bridgehead atoms. The minimum Gasteiger partial charge on any atom is -0.356 e. The van der Waals surface area contributed by atoms with Crippen LogP contribution in [0.5, 0.6) is 0 Å². The van der Waals surface area contributed by atoms with E-state index >= 15 is 0 Å². The highest BCUT2D eigenvalue weighted by Crippen LogP contribution is 2.26. The quantitative estimate of drug-likeness (QED) is 0.733. The Morgan fingerprint density at radius 2 is 1.83 bits per heavy atom. The lowest BCUT2D eigenvalue weighted by Crippen LogP contribution is -2.37. The van der Waals surface area contributed by atoms with Gasteiger partial charge in [-0.15, -0.1) is 0 Å². The van der Waals surface area contributed by atoms with Crippen LogP contribution in [0.2, 0.25) is 0 Å². The Kier molecular flexibility index (Phi) is 7.33. The smallest absolute Gasteiger partial charge is 0.221 e. The molecule has 0 saturated heterocycles. The van der Waals surface area contributed by atoms with E-state index in [0.29, 0.717) is 18.4 Å². The van der Waals surface area contributed by atoms with Crippen molar-refractivity contribution in [2.75, 3.05) is 13.1 Å². The van der Waals surface area contributed by atoms with Gasteiger partial charge in [-0.3, -0.25) is 4.79 Å². The molecule has 0 radical (unpaired) electrons. The van der Waals surface area contributed by atoms with E-state index in [4.69, 9.17) is 0 Å². The summed E-state index contributed by atoms with van der Waals surface area (Å²) in [5.74, 6) is 1.52. The van der Waals surface area contributed by atoms with Crippen molar-refractivity contribution >= 4 is 5.91 Å². The molecule has 1 unspecified atom stereocenters. The fourth-order valence-corrected chi connectivity index (χ4v) is 2.62. The fourth-order valence-electron chi connectivity index (χ4n) is 2.62. The minimum atomic E-state index is 0.173. The lowest BCUT2D eigenvalue weighted by molar-refractivity contribution is -0.121. The summed E-state index contributed by atoms with van der Waals surface area (Å²) < 4.78 is 0. The number of nitrogens with one attached hydrogen (secondary N) is 2. The molecule has 0 aliphatic heterocycles. The lowest BCUT2D eigenvalue weighted by atomic mass is 9.84. The summed E-state index contributed by atoms with van der Waals surface area (Å²) in [5.41, 5.74) is 0. The van der Waals surface area contributed by atoms with Gasteiger partial charge in [-0.2, -0.15) is 0 Å². The summed E-state index contributed by atoms with van der Waals surface area (Å²) in [4.78, 5) is 11.6. The van der Waals surface area contributed by atoms with Crippen LogP contribution < -0.4 is 10.6 Å². The zero-order valence-electron chi connectivity index (χ0n) is 12.3. The van der Waals surface area contributed by atoms with Crippen LogP contribution >= 0.6 is 0 Å². The monoisotopic (exact) mass is 254 g/mol. The maximum Gasteiger partial charge on any atom is 0.221 e. The van der Waals surface area contributed by atoms with Crippen molar-refractivity contribution in [3.8, 4) is 0 Å².